The summed E-state index contributed by atoms with van der Waals surface area (Å²) in [5.41, 5.74) is -0.0900. The van der Waals surface area contributed by atoms with Gasteiger partial charge in [0.15, 0.2) is 0 Å². The molecule has 0 bridgehead atoms. The largest absolute Gasteiger partial charge is 0.416 e. The molecule has 1 N–H and O–H groups in total. The lowest BCUT2D eigenvalue weighted by molar-refractivity contribution is -0.137. The Morgan fingerprint density at radius 1 is 1.25 bits per heavy atom. The Hall–Kier alpha value is -1.52. The molecule has 5 heteroatoms. The van der Waals surface area contributed by atoms with E-state index < -0.39 is 11.7 Å². The lowest BCUT2D eigenvalue weighted by Gasteiger charge is -2.13. The molecule has 20 heavy (non-hydrogen) atoms. The number of hydrogen-bond donors (Lipinski definition) is 1. The van der Waals surface area contributed by atoms with Crippen molar-refractivity contribution in [3.8, 4) is 0 Å². The van der Waals surface area contributed by atoms with Crippen LogP contribution in [-0.4, -0.2) is 11.9 Å². The van der Waals surface area contributed by atoms with Gasteiger partial charge in [-0.2, -0.15) is 13.2 Å². The number of hydrogen-bond acceptors (Lipinski definition) is 1. The molecule has 0 saturated heterocycles. The number of carbonyl (C=O) groups excluding carboxylic acids is 1. The van der Waals surface area contributed by atoms with Crippen LogP contribution in [0.1, 0.15) is 37.3 Å². The highest BCUT2D eigenvalue weighted by Gasteiger charge is 2.30. The Balaban J connectivity index is 1.88. The van der Waals surface area contributed by atoms with Crippen molar-refractivity contribution in [1.29, 1.82) is 0 Å². The van der Waals surface area contributed by atoms with Crippen molar-refractivity contribution in [3.05, 3.63) is 35.4 Å². The number of carbonyl (C=O) groups is 1. The van der Waals surface area contributed by atoms with Crippen molar-refractivity contribution in [2.45, 2.75) is 44.8 Å². The van der Waals surface area contributed by atoms with Crippen molar-refractivity contribution in [2.75, 3.05) is 0 Å². The second-order valence-corrected chi connectivity index (χ2v) is 5.55. The van der Waals surface area contributed by atoms with Gasteiger partial charge >= 0.3 is 6.18 Å². The topological polar surface area (TPSA) is 29.1 Å². The average molecular weight is 285 g/mol. The number of amides is 1. The van der Waals surface area contributed by atoms with Gasteiger partial charge in [0.25, 0.3) is 0 Å². The molecule has 1 aromatic carbocycles. The van der Waals surface area contributed by atoms with Crippen LogP contribution in [0.25, 0.3) is 0 Å². The van der Waals surface area contributed by atoms with Gasteiger partial charge in [-0.1, -0.05) is 19.1 Å². The Kier molecular flexibility index (Phi) is 4.35. The van der Waals surface area contributed by atoms with E-state index in [1.54, 1.807) is 0 Å². The SMILES string of the molecule is CC1CCC(NC(=O)Cc2ccc(C(F)(F)F)cc2)C1. The minimum atomic E-state index is -4.33. The molecule has 1 saturated carbocycles. The first-order valence-electron chi connectivity index (χ1n) is 6.80. The first kappa shape index (κ1) is 14.9. The number of alkyl halides is 3. The number of rotatable bonds is 3. The highest BCUT2D eigenvalue weighted by atomic mass is 19.4. The molecule has 0 radical (unpaired) electrons. The molecular weight excluding hydrogens is 267 g/mol. The third-order valence-electron chi connectivity index (χ3n) is 3.71. The molecular formula is C15H18F3NO. The standard InChI is InChI=1S/C15H18F3NO/c1-10-2-7-13(8-10)19-14(20)9-11-3-5-12(6-4-11)15(16,17)18/h3-6,10,13H,2,7-9H2,1H3,(H,19,20). The predicted molar refractivity (Wildman–Crippen MR) is 70.1 cm³/mol. The van der Waals surface area contributed by atoms with E-state index in [4.69, 9.17) is 0 Å². The van der Waals surface area contributed by atoms with E-state index in [1.807, 2.05) is 0 Å². The normalized spacial score (nSPS) is 22.8. The average Bonchev–Trinajstić information content (AvgIpc) is 2.74. The van der Waals surface area contributed by atoms with E-state index in [0.717, 1.165) is 31.4 Å². The molecule has 2 unspecified atom stereocenters. The summed E-state index contributed by atoms with van der Waals surface area (Å²) in [5.74, 6) is 0.509. The van der Waals surface area contributed by atoms with Gasteiger partial charge in [-0.3, -0.25) is 4.79 Å². The molecule has 1 amide bonds. The monoisotopic (exact) mass is 285 g/mol. The molecule has 1 aromatic rings. The van der Waals surface area contributed by atoms with Gasteiger partial charge in [0.2, 0.25) is 5.91 Å². The van der Waals surface area contributed by atoms with Gasteiger partial charge in [0.1, 0.15) is 0 Å². The first-order chi connectivity index (χ1) is 9.34. The summed E-state index contributed by atoms with van der Waals surface area (Å²) in [6, 6.07) is 4.96. The van der Waals surface area contributed by atoms with Crippen molar-refractivity contribution in [2.24, 2.45) is 5.92 Å². The molecule has 0 aliphatic heterocycles. The van der Waals surface area contributed by atoms with E-state index in [-0.39, 0.29) is 18.4 Å². The summed E-state index contributed by atoms with van der Waals surface area (Å²) < 4.78 is 37.2. The van der Waals surface area contributed by atoms with E-state index in [2.05, 4.69) is 12.2 Å². The van der Waals surface area contributed by atoms with Crippen molar-refractivity contribution < 1.29 is 18.0 Å². The highest BCUT2D eigenvalue weighted by Crippen LogP contribution is 2.29. The van der Waals surface area contributed by atoms with Crippen LogP contribution in [0.5, 0.6) is 0 Å². The van der Waals surface area contributed by atoms with Crippen LogP contribution >= 0.6 is 0 Å². The zero-order chi connectivity index (χ0) is 14.8. The molecule has 2 nitrogen and oxygen atoms in total. The van der Waals surface area contributed by atoms with Crippen LogP contribution in [0.3, 0.4) is 0 Å². The molecule has 110 valence electrons. The van der Waals surface area contributed by atoms with E-state index in [9.17, 15) is 18.0 Å². The molecule has 1 aliphatic carbocycles. The van der Waals surface area contributed by atoms with Crippen LogP contribution < -0.4 is 5.32 Å². The van der Waals surface area contributed by atoms with Crippen LogP contribution in [0.4, 0.5) is 13.2 Å². The lowest BCUT2D eigenvalue weighted by Crippen LogP contribution is -2.34. The third-order valence-corrected chi connectivity index (χ3v) is 3.71. The van der Waals surface area contributed by atoms with Gasteiger partial charge in [0.05, 0.1) is 12.0 Å². The molecule has 2 atom stereocenters. The van der Waals surface area contributed by atoms with Crippen LogP contribution in [-0.2, 0) is 17.4 Å². The van der Waals surface area contributed by atoms with Gasteiger partial charge < -0.3 is 5.32 Å². The predicted octanol–water partition coefficient (Wildman–Crippen LogP) is 3.55. The van der Waals surface area contributed by atoms with Crippen LogP contribution in [0, 0.1) is 5.92 Å². The molecule has 1 aliphatic rings. The zero-order valence-electron chi connectivity index (χ0n) is 11.3. The second-order valence-electron chi connectivity index (χ2n) is 5.55. The Morgan fingerprint density at radius 2 is 1.90 bits per heavy atom. The molecule has 2 rings (SSSR count). The molecule has 0 heterocycles. The molecule has 1 fully saturated rings. The summed E-state index contributed by atoms with van der Waals surface area (Å²) in [6.07, 6.45) is -1.12. The lowest BCUT2D eigenvalue weighted by atomic mass is 10.1. The minimum absolute atomic E-state index is 0.121. The summed E-state index contributed by atoms with van der Waals surface area (Å²) in [7, 11) is 0. The smallest absolute Gasteiger partial charge is 0.353 e. The minimum Gasteiger partial charge on any atom is -0.353 e. The summed E-state index contributed by atoms with van der Waals surface area (Å²) >= 11 is 0. The fourth-order valence-electron chi connectivity index (χ4n) is 2.61. The van der Waals surface area contributed by atoms with Gasteiger partial charge in [0, 0.05) is 6.04 Å². The highest BCUT2D eigenvalue weighted by molar-refractivity contribution is 5.78. The first-order valence-corrected chi connectivity index (χ1v) is 6.80. The quantitative estimate of drug-likeness (QED) is 0.904. The van der Waals surface area contributed by atoms with E-state index in [0.29, 0.717) is 11.5 Å². The summed E-state index contributed by atoms with van der Waals surface area (Å²) in [5, 5.41) is 2.94. The van der Waals surface area contributed by atoms with Crippen molar-refractivity contribution in [3.63, 3.8) is 0 Å². The third kappa shape index (κ3) is 3.99. The van der Waals surface area contributed by atoms with Gasteiger partial charge in [-0.05, 0) is 42.9 Å². The molecule has 0 aromatic heterocycles. The Morgan fingerprint density at radius 3 is 2.40 bits per heavy atom. The summed E-state index contributed by atoms with van der Waals surface area (Å²) in [6.45, 7) is 2.15. The van der Waals surface area contributed by atoms with Gasteiger partial charge in [-0.15, -0.1) is 0 Å². The maximum absolute atomic E-state index is 12.4. The maximum Gasteiger partial charge on any atom is 0.416 e. The Labute approximate surface area is 116 Å². The van der Waals surface area contributed by atoms with Crippen LogP contribution in [0.2, 0.25) is 0 Å². The summed E-state index contributed by atoms with van der Waals surface area (Å²) in [4.78, 5) is 11.8. The number of nitrogens with one attached hydrogen (secondary N) is 1. The van der Waals surface area contributed by atoms with Crippen molar-refractivity contribution >= 4 is 5.91 Å². The fraction of sp³-hybridized carbons (Fsp3) is 0.533. The molecule has 0 spiro atoms. The maximum atomic E-state index is 12.4. The van der Waals surface area contributed by atoms with E-state index >= 15 is 0 Å². The number of benzene rings is 1. The van der Waals surface area contributed by atoms with Crippen LogP contribution in [0.15, 0.2) is 24.3 Å². The Bertz CT molecular complexity index is 467. The fourth-order valence-corrected chi connectivity index (χ4v) is 2.61. The van der Waals surface area contributed by atoms with E-state index in [1.165, 1.54) is 12.1 Å². The second kappa shape index (κ2) is 5.85. The number of halogens is 3. The van der Waals surface area contributed by atoms with Gasteiger partial charge in [-0.25, -0.2) is 0 Å². The zero-order valence-corrected chi connectivity index (χ0v) is 11.3. The van der Waals surface area contributed by atoms with Crippen molar-refractivity contribution in [1.82, 2.24) is 5.32 Å².